The number of fused-ring (bicyclic) bond motifs is 1. The van der Waals surface area contributed by atoms with Gasteiger partial charge in [-0.1, -0.05) is 30.3 Å². The van der Waals surface area contributed by atoms with Crippen molar-refractivity contribution in [1.82, 2.24) is 20.1 Å². The highest BCUT2D eigenvalue weighted by atomic mass is 32.1. The summed E-state index contributed by atoms with van der Waals surface area (Å²) in [4.78, 5) is 27.7. The molecule has 33 heavy (non-hydrogen) atoms. The minimum Gasteiger partial charge on any atom is -0.447 e. The fourth-order valence-corrected chi connectivity index (χ4v) is 4.26. The number of hydrogen-bond acceptors (Lipinski definition) is 6. The lowest BCUT2D eigenvalue weighted by Gasteiger charge is -2.20. The quantitative estimate of drug-likeness (QED) is 0.485. The van der Waals surface area contributed by atoms with E-state index >= 15 is 0 Å². The van der Waals surface area contributed by atoms with Crippen molar-refractivity contribution in [1.29, 1.82) is 0 Å². The molecule has 2 aromatic heterocycles. The molecule has 4 rings (SSSR count). The molecule has 3 aromatic rings. The van der Waals surface area contributed by atoms with E-state index in [1.807, 2.05) is 42.2 Å². The Morgan fingerprint density at radius 3 is 2.85 bits per heavy atom. The second-order valence-corrected chi connectivity index (χ2v) is 8.23. The highest BCUT2D eigenvalue weighted by molar-refractivity contribution is 7.10. The maximum Gasteiger partial charge on any atom is 0.404 e. The van der Waals surface area contributed by atoms with Gasteiger partial charge in [-0.15, -0.1) is 17.8 Å². The number of carbonyl (C=O) groups excluding carboxylic acids is 2. The number of aryl methyl sites for hydroxylation is 1. The van der Waals surface area contributed by atoms with Crippen molar-refractivity contribution < 1.29 is 14.3 Å². The summed E-state index contributed by atoms with van der Waals surface area (Å²) in [6.45, 7) is -0.121. The molecule has 1 unspecified atom stereocenters. The molecule has 0 aliphatic heterocycles. The second-order valence-electron chi connectivity index (χ2n) is 7.37. The number of urea groups is 1. The van der Waals surface area contributed by atoms with Gasteiger partial charge in [-0.25, -0.2) is 14.6 Å². The Morgan fingerprint density at radius 1 is 1.36 bits per heavy atom. The summed E-state index contributed by atoms with van der Waals surface area (Å²) >= 11 is 1.25. The van der Waals surface area contributed by atoms with Crippen LogP contribution in [0.4, 0.5) is 15.4 Å². The molecule has 9 nitrogen and oxygen atoms in total. The van der Waals surface area contributed by atoms with Crippen LogP contribution >= 0.6 is 11.3 Å². The van der Waals surface area contributed by atoms with Crippen LogP contribution < -0.4 is 16.4 Å². The lowest BCUT2D eigenvalue weighted by Crippen LogP contribution is -2.36. The van der Waals surface area contributed by atoms with Crippen LogP contribution in [0.1, 0.15) is 39.9 Å². The number of ether oxygens (including phenoxy) is 1. The lowest BCUT2D eigenvalue weighted by molar-refractivity contribution is 0.144. The lowest BCUT2D eigenvalue weighted by atomic mass is 9.90. The number of allylic oxidation sites excluding steroid dienone is 1. The van der Waals surface area contributed by atoms with E-state index in [4.69, 9.17) is 16.9 Å². The molecule has 4 N–H and O–H groups in total. The maximum atomic E-state index is 12.5. The first-order valence-corrected chi connectivity index (χ1v) is 11.1. The Kier molecular flexibility index (Phi) is 6.42. The summed E-state index contributed by atoms with van der Waals surface area (Å²) in [5.74, 6) is 2.75. The van der Waals surface area contributed by atoms with E-state index in [0.29, 0.717) is 10.8 Å². The Labute approximate surface area is 194 Å². The third-order valence-electron chi connectivity index (χ3n) is 5.27. The molecule has 1 aliphatic carbocycles. The predicted molar refractivity (Wildman–Crippen MR) is 126 cm³/mol. The largest absolute Gasteiger partial charge is 0.447 e. The first kappa shape index (κ1) is 22.1. The summed E-state index contributed by atoms with van der Waals surface area (Å²) in [6.07, 6.45) is 10.4. The smallest absolute Gasteiger partial charge is 0.404 e. The first-order valence-electron chi connectivity index (χ1n) is 10.2. The number of carbonyl (C=O) groups is 2. The van der Waals surface area contributed by atoms with Crippen LogP contribution in [0, 0.1) is 12.3 Å². The van der Waals surface area contributed by atoms with Crippen LogP contribution in [0.3, 0.4) is 0 Å². The third kappa shape index (κ3) is 5.05. The topological polar surface area (TPSA) is 124 Å². The third-order valence-corrected chi connectivity index (χ3v) is 6.05. The number of hydrogen-bond donors (Lipinski definition) is 3. The monoisotopic (exact) mass is 462 g/mol. The molecule has 0 saturated heterocycles. The number of terminal acetylenes is 1. The van der Waals surface area contributed by atoms with Gasteiger partial charge in [0.15, 0.2) is 5.01 Å². The molecule has 1 aromatic carbocycles. The number of nitrogens with two attached hydrogens (primary N) is 1. The van der Waals surface area contributed by atoms with Crippen molar-refractivity contribution >= 4 is 34.9 Å². The van der Waals surface area contributed by atoms with Gasteiger partial charge < -0.3 is 15.8 Å². The molecule has 0 radical (unpaired) electrons. The second kappa shape index (κ2) is 9.58. The highest BCUT2D eigenvalue weighted by Crippen LogP contribution is 2.32. The number of primary amides is 1. The van der Waals surface area contributed by atoms with Crippen molar-refractivity contribution in [2.45, 2.75) is 18.9 Å². The molecule has 10 heteroatoms. The van der Waals surface area contributed by atoms with Crippen LogP contribution in [0.15, 0.2) is 41.9 Å². The fraction of sp³-hybridized carbons (Fsp3) is 0.217. The average molecular weight is 463 g/mol. The molecule has 0 fully saturated rings. The minimum absolute atomic E-state index is 0.121. The van der Waals surface area contributed by atoms with Gasteiger partial charge in [0.1, 0.15) is 12.4 Å². The van der Waals surface area contributed by atoms with E-state index in [0.717, 1.165) is 35.1 Å². The summed E-state index contributed by atoms with van der Waals surface area (Å²) in [5, 5.41) is 11.9. The maximum absolute atomic E-state index is 12.5. The van der Waals surface area contributed by atoms with Gasteiger partial charge in [0.25, 0.3) is 0 Å². The van der Waals surface area contributed by atoms with Gasteiger partial charge in [-0.2, -0.15) is 5.10 Å². The van der Waals surface area contributed by atoms with Gasteiger partial charge in [0.2, 0.25) is 0 Å². The number of rotatable bonds is 6. The van der Waals surface area contributed by atoms with Crippen LogP contribution in [0.2, 0.25) is 0 Å². The van der Waals surface area contributed by atoms with Gasteiger partial charge >= 0.3 is 12.1 Å². The normalized spacial score (nSPS) is 13.3. The molecule has 1 atom stereocenters. The number of anilines is 1. The molecular weight excluding hydrogens is 440 g/mol. The molecule has 0 bridgehead atoms. The molecular formula is C23H22N6O3S. The van der Waals surface area contributed by atoms with Crippen LogP contribution in [-0.4, -0.2) is 33.5 Å². The molecule has 168 valence electrons. The summed E-state index contributed by atoms with van der Waals surface area (Å²) in [7, 11) is 1.95. The van der Waals surface area contributed by atoms with Gasteiger partial charge in [0, 0.05) is 23.7 Å². The van der Waals surface area contributed by atoms with Crippen molar-refractivity contribution in [3.8, 4) is 12.3 Å². The van der Waals surface area contributed by atoms with E-state index in [9.17, 15) is 9.59 Å². The molecule has 0 saturated carbocycles. The summed E-state index contributed by atoms with van der Waals surface area (Å²) in [6, 6.07) is 6.58. The van der Waals surface area contributed by atoms with Crippen molar-refractivity contribution in [2.24, 2.45) is 12.8 Å². The van der Waals surface area contributed by atoms with Crippen molar-refractivity contribution in [3.05, 3.63) is 69.3 Å². The van der Waals surface area contributed by atoms with Crippen LogP contribution in [0.5, 0.6) is 0 Å². The number of amides is 3. The van der Waals surface area contributed by atoms with Crippen molar-refractivity contribution in [3.63, 3.8) is 0 Å². The minimum atomic E-state index is -0.923. The molecule has 1 aliphatic rings. The van der Waals surface area contributed by atoms with E-state index < -0.39 is 18.2 Å². The van der Waals surface area contributed by atoms with E-state index in [1.54, 1.807) is 5.38 Å². The number of benzene rings is 1. The van der Waals surface area contributed by atoms with Crippen LogP contribution in [-0.2, 0) is 18.2 Å². The Balaban J connectivity index is 1.51. The highest BCUT2D eigenvalue weighted by Gasteiger charge is 2.20. The standard InChI is InChI=1S/C23H22N6O3S/c1-3-21-27-20(13-33-21)28-23(31)26-18(12-32-22(24)30)15-9-7-14(8-10-15)16-5-4-6-19-17(16)11-25-29(19)2/h1,5,7-11,13,18H,4,6,12H2,2H3,(H2,24,30)(H2,26,28,31). The molecule has 2 heterocycles. The van der Waals surface area contributed by atoms with Gasteiger partial charge in [-0.05, 0) is 35.5 Å². The predicted octanol–water partition coefficient (Wildman–Crippen LogP) is 3.19. The molecule has 3 amide bonds. The van der Waals surface area contributed by atoms with Crippen LogP contribution in [0.25, 0.3) is 5.57 Å². The Morgan fingerprint density at radius 2 is 2.15 bits per heavy atom. The number of aromatic nitrogens is 3. The zero-order chi connectivity index (χ0) is 23.4. The number of thiazole rings is 1. The Bertz CT molecular complexity index is 1250. The first-order chi connectivity index (χ1) is 15.9. The number of nitrogens with zero attached hydrogens (tertiary/aromatic N) is 3. The summed E-state index contributed by atoms with van der Waals surface area (Å²) < 4.78 is 6.87. The SMILES string of the molecule is C#Cc1nc(NC(=O)NC(COC(N)=O)c2ccc(C3=CCCc4c3cnn4C)cc2)cs1. The zero-order valence-corrected chi connectivity index (χ0v) is 18.7. The number of nitrogens with one attached hydrogen (secondary N) is 2. The van der Waals surface area contributed by atoms with E-state index in [2.05, 4.69) is 32.7 Å². The summed E-state index contributed by atoms with van der Waals surface area (Å²) in [5.41, 5.74) is 10.4. The Hall–Kier alpha value is -4.10. The fourth-order valence-electron chi connectivity index (χ4n) is 3.71. The van der Waals surface area contributed by atoms with Gasteiger partial charge in [-0.3, -0.25) is 10.00 Å². The van der Waals surface area contributed by atoms with Gasteiger partial charge in [0.05, 0.1) is 12.2 Å². The average Bonchev–Trinajstić information content (AvgIpc) is 3.43. The van der Waals surface area contributed by atoms with Crippen molar-refractivity contribution in [2.75, 3.05) is 11.9 Å². The van der Waals surface area contributed by atoms with E-state index in [-0.39, 0.29) is 6.61 Å². The van der Waals surface area contributed by atoms with E-state index in [1.165, 1.54) is 17.0 Å². The zero-order valence-electron chi connectivity index (χ0n) is 17.9. The molecule has 0 spiro atoms.